The fraction of sp³-hybridized carbons (Fsp3) is 1.00. The first-order chi connectivity index (χ1) is 16.9. The summed E-state index contributed by atoms with van der Waals surface area (Å²) >= 11 is 0. The minimum absolute atomic E-state index is 0.205. The fourth-order valence-electron chi connectivity index (χ4n) is 6.39. The van der Waals surface area contributed by atoms with Gasteiger partial charge >= 0.3 is 0 Å². The van der Waals surface area contributed by atoms with Crippen LogP contribution < -0.4 is 0 Å². The monoisotopic (exact) mass is 528 g/mol. The minimum Gasteiger partial charge on any atom is -0.380 e. The van der Waals surface area contributed by atoms with Gasteiger partial charge in [0.2, 0.25) is 0 Å². The summed E-state index contributed by atoms with van der Waals surface area (Å²) in [5, 5.41) is 0. The lowest BCUT2D eigenvalue weighted by molar-refractivity contribution is -0.0993. The first-order valence-electron chi connectivity index (χ1n) is 14.8. The lowest BCUT2D eigenvalue weighted by Crippen LogP contribution is -2.62. The molecule has 0 aromatic rings. The van der Waals surface area contributed by atoms with Gasteiger partial charge in [0.15, 0.2) is 0 Å². The van der Waals surface area contributed by atoms with Crippen LogP contribution in [-0.4, -0.2) is 110 Å². The smallest absolute Gasteiger partial charge is 0.0704 e. The number of methoxy groups -OCH3 is 1. The van der Waals surface area contributed by atoms with Crippen LogP contribution >= 0.6 is 0 Å². The molecule has 2 aliphatic heterocycles. The molecule has 2 fully saturated rings. The molecule has 1 unspecified atom stereocenters. The van der Waals surface area contributed by atoms with Crippen molar-refractivity contribution in [3.05, 3.63) is 0 Å². The van der Waals surface area contributed by atoms with Crippen LogP contribution in [0.4, 0.5) is 0 Å². The average Bonchev–Trinajstić information content (AvgIpc) is 2.78. The molecule has 0 aromatic heterocycles. The van der Waals surface area contributed by atoms with Crippen LogP contribution in [0.2, 0.25) is 0 Å². The van der Waals surface area contributed by atoms with Gasteiger partial charge in [-0.15, -0.1) is 0 Å². The third-order valence-electron chi connectivity index (χ3n) is 9.39. The van der Waals surface area contributed by atoms with Crippen LogP contribution in [0.25, 0.3) is 0 Å². The topological polar surface area (TPSA) is 37.4 Å². The molecule has 222 valence electrons. The van der Waals surface area contributed by atoms with E-state index in [-0.39, 0.29) is 22.2 Å². The Bertz CT molecular complexity index is 610. The Balaban J connectivity index is 0.000000371. The minimum atomic E-state index is 0.205. The normalized spacial score (nSPS) is 25.1. The van der Waals surface area contributed by atoms with Crippen molar-refractivity contribution in [1.82, 2.24) is 14.7 Å². The lowest BCUT2D eigenvalue weighted by Gasteiger charge is -2.55. The first-order valence-corrected chi connectivity index (χ1v) is 14.8. The Kier molecular flexibility index (Phi) is 13.5. The zero-order chi connectivity index (χ0) is 28.7. The summed E-state index contributed by atoms with van der Waals surface area (Å²) in [5.74, 6) is 0. The average molecular weight is 528 g/mol. The Labute approximate surface area is 231 Å². The highest BCUT2D eigenvalue weighted by atomic mass is 16.5. The number of piperidine rings is 2. The molecule has 6 nitrogen and oxygen atoms in total. The molecule has 2 rings (SSSR count). The Morgan fingerprint density at radius 3 is 1.62 bits per heavy atom. The van der Waals surface area contributed by atoms with Gasteiger partial charge in [-0.05, 0) is 115 Å². The van der Waals surface area contributed by atoms with Gasteiger partial charge in [0, 0.05) is 48.5 Å². The highest BCUT2D eigenvalue weighted by Gasteiger charge is 2.44. The molecule has 0 bridgehead atoms. The molecule has 2 aliphatic rings. The van der Waals surface area contributed by atoms with Gasteiger partial charge in [0.25, 0.3) is 0 Å². The third-order valence-corrected chi connectivity index (χ3v) is 9.39. The van der Waals surface area contributed by atoms with Crippen molar-refractivity contribution < 1.29 is 14.2 Å². The summed E-state index contributed by atoms with van der Waals surface area (Å²) in [4.78, 5) is 7.53. The maximum atomic E-state index is 6.00. The van der Waals surface area contributed by atoms with E-state index in [1.165, 1.54) is 12.8 Å². The number of likely N-dealkylation sites (tertiary alicyclic amines) is 2. The van der Waals surface area contributed by atoms with Crippen LogP contribution in [0.3, 0.4) is 0 Å². The number of ether oxygens (including phenoxy) is 3. The highest BCUT2D eigenvalue weighted by Crippen LogP contribution is 2.39. The van der Waals surface area contributed by atoms with E-state index in [1.807, 2.05) is 7.11 Å². The standard InChI is InChI=1S/C16H34N2O.C15H31NO2/c1-9-14(19-8)12-17(6)13-10-15(2,3)18(7)16(4,5)11-13;1-7-8-17-9-10-18-13-11-14(2,3)16(6)15(4,5)12-13/h13-14H,9-12H2,1-8H3;13H,7-12H2,1-6H3. The summed E-state index contributed by atoms with van der Waals surface area (Å²) < 4.78 is 17.0. The molecule has 0 N–H and O–H groups in total. The molecule has 1 atom stereocenters. The zero-order valence-corrected chi connectivity index (χ0v) is 27.4. The van der Waals surface area contributed by atoms with Crippen LogP contribution in [0.15, 0.2) is 0 Å². The molecule has 0 aliphatic carbocycles. The molecule has 0 saturated carbocycles. The fourth-order valence-corrected chi connectivity index (χ4v) is 6.39. The molecule has 0 aromatic carbocycles. The molecule has 0 amide bonds. The van der Waals surface area contributed by atoms with Gasteiger partial charge in [-0.25, -0.2) is 0 Å². The summed E-state index contributed by atoms with van der Waals surface area (Å²) in [6, 6.07) is 0.644. The molecule has 0 radical (unpaired) electrons. The van der Waals surface area contributed by atoms with E-state index in [1.54, 1.807) is 0 Å². The summed E-state index contributed by atoms with van der Waals surface area (Å²) in [7, 11) is 8.56. The molecule has 2 saturated heterocycles. The van der Waals surface area contributed by atoms with Crippen molar-refractivity contribution in [1.29, 1.82) is 0 Å². The van der Waals surface area contributed by atoms with Gasteiger partial charge in [0.1, 0.15) is 0 Å². The van der Waals surface area contributed by atoms with Gasteiger partial charge in [-0.2, -0.15) is 0 Å². The SMILES string of the molecule is CCC(CN(C)C1CC(C)(C)N(C)C(C)(C)C1)OC.CCCOCCOC1CC(C)(C)N(C)C(C)(C)C1. The maximum absolute atomic E-state index is 6.00. The quantitative estimate of drug-likeness (QED) is 0.303. The Morgan fingerprint density at radius 1 is 0.757 bits per heavy atom. The van der Waals surface area contributed by atoms with Crippen molar-refractivity contribution in [2.45, 2.75) is 148 Å². The van der Waals surface area contributed by atoms with Gasteiger partial charge in [-0.3, -0.25) is 9.80 Å². The van der Waals surface area contributed by atoms with Crippen molar-refractivity contribution in [2.24, 2.45) is 0 Å². The second kappa shape index (κ2) is 14.4. The van der Waals surface area contributed by atoms with E-state index in [4.69, 9.17) is 14.2 Å². The van der Waals surface area contributed by atoms with Crippen molar-refractivity contribution in [3.63, 3.8) is 0 Å². The predicted molar refractivity (Wildman–Crippen MR) is 159 cm³/mol. The summed E-state index contributed by atoms with van der Waals surface area (Å²) in [6.45, 7) is 26.3. The Hall–Kier alpha value is -0.240. The third kappa shape index (κ3) is 10.3. The van der Waals surface area contributed by atoms with Crippen molar-refractivity contribution >= 4 is 0 Å². The van der Waals surface area contributed by atoms with E-state index in [2.05, 4.69) is 105 Å². The maximum Gasteiger partial charge on any atom is 0.0704 e. The van der Waals surface area contributed by atoms with Gasteiger partial charge in [-0.1, -0.05) is 13.8 Å². The predicted octanol–water partition coefficient (Wildman–Crippen LogP) is 6.08. The second-order valence-electron chi connectivity index (χ2n) is 14.1. The van der Waals surface area contributed by atoms with E-state index in [0.717, 1.165) is 52.0 Å². The molecule has 0 spiro atoms. The van der Waals surface area contributed by atoms with Gasteiger partial charge in [0.05, 0.1) is 25.4 Å². The second-order valence-corrected chi connectivity index (χ2v) is 14.1. The number of hydrogen-bond donors (Lipinski definition) is 0. The first kappa shape index (κ1) is 34.8. The Morgan fingerprint density at radius 2 is 1.22 bits per heavy atom. The number of likely N-dealkylation sites (N-methyl/N-ethyl adjacent to an activating group) is 1. The van der Waals surface area contributed by atoms with Crippen LogP contribution in [0.5, 0.6) is 0 Å². The lowest BCUT2D eigenvalue weighted by atomic mass is 9.77. The highest BCUT2D eigenvalue weighted by molar-refractivity contribution is 5.01. The van der Waals surface area contributed by atoms with Gasteiger partial charge < -0.3 is 19.1 Å². The number of hydrogen-bond acceptors (Lipinski definition) is 6. The van der Waals surface area contributed by atoms with Crippen LogP contribution in [0.1, 0.15) is 108 Å². The number of nitrogens with zero attached hydrogens (tertiary/aromatic N) is 3. The van der Waals surface area contributed by atoms with Crippen LogP contribution in [0, 0.1) is 0 Å². The van der Waals surface area contributed by atoms with E-state index >= 15 is 0 Å². The summed E-state index contributed by atoms with van der Waals surface area (Å²) in [6.07, 6.45) is 7.52. The van der Waals surface area contributed by atoms with E-state index < -0.39 is 0 Å². The molecule has 2 heterocycles. The van der Waals surface area contributed by atoms with E-state index in [0.29, 0.717) is 18.2 Å². The molecule has 37 heavy (non-hydrogen) atoms. The largest absolute Gasteiger partial charge is 0.380 e. The molecular formula is C31H65N3O3. The van der Waals surface area contributed by atoms with E-state index in [9.17, 15) is 0 Å². The van der Waals surface area contributed by atoms with Crippen molar-refractivity contribution in [3.8, 4) is 0 Å². The molecule has 6 heteroatoms. The zero-order valence-electron chi connectivity index (χ0n) is 27.4. The van der Waals surface area contributed by atoms with Crippen LogP contribution in [-0.2, 0) is 14.2 Å². The van der Waals surface area contributed by atoms with Crippen molar-refractivity contribution in [2.75, 3.05) is 54.6 Å². The summed E-state index contributed by atoms with van der Waals surface area (Å²) in [5.41, 5.74) is 0.929. The number of rotatable bonds is 11. The molecular weight excluding hydrogens is 462 g/mol.